The third-order valence-electron chi connectivity index (χ3n) is 4.08. The number of aromatic hydroxyl groups is 1. The summed E-state index contributed by atoms with van der Waals surface area (Å²) in [5.41, 5.74) is 0.653. The summed E-state index contributed by atoms with van der Waals surface area (Å²) in [4.78, 5) is 11.4. The van der Waals surface area contributed by atoms with Gasteiger partial charge in [-0.05, 0) is 57.8 Å². The van der Waals surface area contributed by atoms with E-state index in [4.69, 9.17) is 9.31 Å². The molecule has 0 saturated carbocycles. The summed E-state index contributed by atoms with van der Waals surface area (Å²) >= 11 is 0. The third-order valence-corrected chi connectivity index (χ3v) is 4.08. The van der Waals surface area contributed by atoms with Crippen LogP contribution in [0.2, 0.25) is 0 Å². The first-order valence-corrected chi connectivity index (χ1v) is 6.79. The summed E-state index contributed by atoms with van der Waals surface area (Å²) in [6, 6.07) is 4.94. The summed E-state index contributed by atoms with van der Waals surface area (Å²) in [5.74, 6) is 0.204. The second-order valence-electron chi connectivity index (χ2n) is 6.35. The summed E-state index contributed by atoms with van der Waals surface area (Å²) in [6.45, 7) is 9.43. The summed E-state index contributed by atoms with van der Waals surface area (Å²) in [6.07, 6.45) is 0.305. The molecule has 4 nitrogen and oxygen atoms in total. The quantitative estimate of drug-likeness (QED) is 0.856. The van der Waals surface area contributed by atoms with Crippen molar-refractivity contribution < 1.29 is 19.2 Å². The first-order valence-electron chi connectivity index (χ1n) is 6.79. The smallest absolute Gasteiger partial charge is 0.495 e. The first kappa shape index (κ1) is 15.1. The largest absolute Gasteiger partial charge is 0.508 e. The van der Waals surface area contributed by atoms with E-state index in [1.165, 1.54) is 0 Å². The number of phenols is 1. The van der Waals surface area contributed by atoms with Gasteiger partial charge in [0.1, 0.15) is 11.5 Å². The molecule has 5 heteroatoms. The van der Waals surface area contributed by atoms with Gasteiger partial charge in [-0.25, -0.2) is 0 Å². The molecule has 0 amide bonds. The molecular weight excluding hydrogens is 255 g/mol. The van der Waals surface area contributed by atoms with E-state index in [1.54, 1.807) is 25.1 Å². The maximum atomic E-state index is 11.4. The van der Waals surface area contributed by atoms with Crippen molar-refractivity contribution in [2.45, 2.75) is 52.2 Å². The zero-order valence-corrected chi connectivity index (χ0v) is 12.7. The molecule has 1 saturated heterocycles. The number of hydrogen-bond acceptors (Lipinski definition) is 4. The maximum absolute atomic E-state index is 11.4. The minimum absolute atomic E-state index is 0.0634. The number of phenolic OH excluding ortho intramolecular Hbond substituents is 1. The van der Waals surface area contributed by atoms with Gasteiger partial charge in [0.25, 0.3) is 0 Å². The normalized spacial score (nSPS) is 20.1. The Morgan fingerprint density at radius 2 is 1.75 bits per heavy atom. The Morgan fingerprint density at radius 1 is 1.20 bits per heavy atom. The lowest BCUT2D eigenvalue weighted by atomic mass is 9.75. The standard InChI is InChI=1S/C15H21BO4/c1-10(17)8-11-6-7-12(18)9-13(11)16-19-14(2,3)15(4,5)20-16/h6-7,9,18H,8H2,1-5H3. The lowest BCUT2D eigenvalue weighted by Gasteiger charge is -2.32. The fraction of sp³-hybridized carbons (Fsp3) is 0.533. The minimum atomic E-state index is -0.568. The fourth-order valence-corrected chi connectivity index (χ4v) is 2.20. The molecule has 1 N–H and O–H groups in total. The Bertz CT molecular complexity index is 521. The summed E-state index contributed by atoms with van der Waals surface area (Å²) in [7, 11) is -0.568. The highest BCUT2D eigenvalue weighted by Gasteiger charge is 2.52. The van der Waals surface area contributed by atoms with Crippen molar-refractivity contribution in [1.29, 1.82) is 0 Å². The maximum Gasteiger partial charge on any atom is 0.495 e. The van der Waals surface area contributed by atoms with E-state index >= 15 is 0 Å². The highest BCUT2D eigenvalue weighted by molar-refractivity contribution is 6.62. The van der Waals surface area contributed by atoms with Crippen LogP contribution in [0.4, 0.5) is 0 Å². The Labute approximate surface area is 120 Å². The Morgan fingerprint density at radius 3 is 2.25 bits per heavy atom. The summed E-state index contributed by atoms with van der Waals surface area (Å²) in [5, 5.41) is 9.70. The molecule has 0 aliphatic carbocycles. The molecule has 0 unspecified atom stereocenters. The molecule has 0 spiro atoms. The Balaban J connectivity index is 2.38. The van der Waals surface area contributed by atoms with Crippen molar-refractivity contribution in [3.8, 4) is 5.75 Å². The van der Waals surface area contributed by atoms with E-state index in [1.807, 2.05) is 27.7 Å². The Kier molecular flexibility index (Phi) is 3.69. The van der Waals surface area contributed by atoms with Gasteiger partial charge in [0.15, 0.2) is 0 Å². The Hall–Kier alpha value is -1.33. The molecule has 20 heavy (non-hydrogen) atoms. The van der Waals surface area contributed by atoms with Crippen LogP contribution in [-0.4, -0.2) is 29.2 Å². The molecule has 0 radical (unpaired) electrons. The van der Waals surface area contributed by atoms with Crippen molar-refractivity contribution in [2.24, 2.45) is 0 Å². The molecule has 1 fully saturated rings. The molecule has 1 heterocycles. The molecule has 0 aromatic heterocycles. The molecule has 1 aromatic rings. The van der Waals surface area contributed by atoms with Crippen LogP contribution in [0.1, 0.15) is 40.2 Å². The van der Waals surface area contributed by atoms with Gasteiger partial charge in [-0.3, -0.25) is 4.79 Å². The second kappa shape index (κ2) is 4.90. The van der Waals surface area contributed by atoms with Crippen molar-refractivity contribution in [3.05, 3.63) is 23.8 Å². The minimum Gasteiger partial charge on any atom is -0.508 e. The van der Waals surface area contributed by atoms with Gasteiger partial charge >= 0.3 is 7.12 Å². The number of hydrogen-bond donors (Lipinski definition) is 1. The lowest BCUT2D eigenvalue weighted by Crippen LogP contribution is -2.41. The fourth-order valence-electron chi connectivity index (χ4n) is 2.20. The van der Waals surface area contributed by atoms with Crippen LogP contribution in [0.25, 0.3) is 0 Å². The second-order valence-corrected chi connectivity index (χ2v) is 6.35. The average molecular weight is 276 g/mol. The SMILES string of the molecule is CC(=O)Cc1ccc(O)cc1B1OC(C)(C)C(C)(C)O1. The molecule has 0 atom stereocenters. The molecule has 0 bridgehead atoms. The molecule has 1 aromatic carbocycles. The van der Waals surface area contributed by atoms with E-state index in [2.05, 4.69) is 0 Å². The number of carbonyl (C=O) groups is 1. The highest BCUT2D eigenvalue weighted by Crippen LogP contribution is 2.36. The van der Waals surface area contributed by atoms with Crippen LogP contribution in [0.5, 0.6) is 5.75 Å². The third kappa shape index (κ3) is 2.74. The van der Waals surface area contributed by atoms with Gasteiger partial charge < -0.3 is 14.4 Å². The van der Waals surface area contributed by atoms with E-state index in [9.17, 15) is 9.90 Å². The zero-order chi connectivity index (χ0) is 15.1. The van der Waals surface area contributed by atoms with Gasteiger partial charge in [0, 0.05) is 6.42 Å². The monoisotopic (exact) mass is 276 g/mol. The van der Waals surface area contributed by atoms with E-state index in [0.29, 0.717) is 6.42 Å². The van der Waals surface area contributed by atoms with Crippen LogP contribution < -0.4 is 5.46 Å². The van der Waals surface area contributed by atoms with Crippen LogP contribution in [0, 0.1) is 0 Å². The van der Waals surface area contributed by atoms with E-state index in [-0.39, 0.29) is 11.5 Å². The van der Waals surface area contributed by atoms with Gasteiger partial charge in [-0.2, -0.15) is 0 Å². The van der Waals surface area contributed by atoms with Gasteiger partial charge in [0.2, 0.25) is 0 Å². The predicted octanol–water partition coefficient (Wildman–Crippen LogP) is 1.82. The van der Waals surface area contributed by atoms with Gasteiger partial charge in [-0.15, -0.1) is 0 Å². The van der Waals surface area contributed by atoms with Crippen LogP contribution >= 0.6 is 0 Å². The van der Waals surface area contributed by atoms with Crippen molar-refractivity contribution in [2.75, 3.05) is 0 Å². The zero-order valence-electron chi connectivity index (χ0n) is 12.7. The van der Waals surface area contributed by atoms with Crippen molar-refractivity contribution in [3.63, 3.8) is 0 Å². The molecule has 1 aliphatic rings. The van der Waals surface area contributed by atoms with Gasteiger partial charge in [0.05, 0.1) is 11.2 Å². The predicted molar refractivity (Wildman–Crippen MR) is 78.2 cm³/mol. The van der Waals surface area contributed by atoms with Gasteiger partial charge in [-0.1, -0.05) is 6.07 Å². The number of ketones is 1. The summed E-state index contributed by atoms with van der Waals surface area (Å²) < 4.78 is 12.0. The van der Waals surface area contributed by atoms with Crippen LogP contribution in [-0.2, 0) is 20.5 Å². The molecular formula is C15H21BO4. The first-order chi connectivity index (χ1) is 9.12. The van der Waals surface area contributed by atoms with Crippen LogP contribution in [0.3, 0.4) is 0 Å². The number of Topliss-reactive ketones (excluding diaryl/α,β-unsaturated/α-hetero) is 1. The lowest BCUT2D eigenvalue weighted by molar-refractivity contribution is -0.116. The van der Waals surface area contributed by atoms with Crippen LogP contribution in [0.15, 0.2) is 18.2 Å². The topological polar surface area (TPSA) is 55.8 Å². The number of carbonyl (C=O) groups excluding carboxylic acids is 1. The van der Waals surface area contributed by atoms with E-state index < -0.39 is 18.3 Å². The average Bonchev–Trinajstić information content (AvgIpc) is 2.50. The molecule has 108 valence electrons. The van der Waals surface area contributed by atoms with E-state index in [0.717, 1.165) is 11.0 Å². The number of benzene rings is 1. The van der Waals surface area contributed by atoms with Crippen molar-refractivity contribution in [1.82, 2.24) is 0 Å². The molecule has 1 aliphatic heterocycles. The highest BCUT2D eigenvalue weighted by atomic mass is 16.7. The van der Waals surface area contributed by atoms with Crippen molar-refractivity contribution >= 4 is 18.4 Å². The molecule has 2 rings (SSSR count). The number of rotatable bonds is 3.